The lowest BCUT2D eigenvalue weighted by Gasteiger charge is -2.49. The van der Waals surface area contributed by atoms with Crippen LogP contribution >= 0.6 is 0 Å². The van der Waals surface area contributed by atoms with E-state index in [2.05, 4.69) is 36.2 Å². The average Bonchev–Trinajstić information content (AvgIpc) is 2.61. The number of anilines is 1. The fraction of sp³-hybridized carbons (Fsp3) is 0.818. The van der Waals surface area contributed by atoms with Gasteiger partial charge in [-0.3, -0.25) is 0 Å². The monoisotopic (exact) mass is 360 g/mol. The maximum Gasteiger partial charge on any atom is 0.225 e. The minimum atomic E-state index is 0. The topological polar surface area (TPSA) is 32.3 Å². The number of piperidine rings is 1. The average molecular weight is 361 g/mol. The zero-order valence-corrected chi connectivity index (χ0v) is 16.3. The van der Waals surface area contributed by atoms with Crippen LogP contribution in [0.2, 0.25) is 0 Å². The summed E-state index contributed by atoms with van der Waals surface area (Å²) < 4.78 is 0. The first-order chi connectivity index (χ1) is 12.3. The van der Waals surface area contributed by atoms with E-state index in [1.165, 1.54) is 69.8 Å². The molecule has 2 aliphatic heterocycles. The van der Waals surface area contributed by atoms with E-state index >= 15 is 0 Å². The van der Waals surface area contributed by atoms with Crippen molar-refractivity contribution in [2.24, 2.45) is 0 Å². The van der Waals surface area contributed by atoms with Crippen LogP contribution in [0.3, 0.4) is 0 Å². The number of piperazine rings is 1. The first-order valence-corrected chi connectivity index (χ1v) is 10.6. The highest BCUT2D eigenvalue weighted by atomic mass is 15.4. The molecule has 3 heterocycles. The summed E-state index contributed by atoms with van der Waals surface area (Å²) in [6, 6.07) is 1.21. The molecule has 0 aromatic carbocycles. The van der Waals surface area contributed by atoms with Gasteiger partial charge in [0.15, 0.2) is 0 Å². The first-order valence-electron chi connectivity index (χ1n) is 10.6. The van der Waals surface area contributed by atoms with Gasteiger partial charge in [-0.25, -0.2) is 9.97 Å². The maximum absolute atomic E-state index is 4.75. The van der Waals surface area contributed by atoms with Crippen molar-refractivity contribution in [3.05, 3.63) is 18.0 Å². The number of aromatic nitrogens is 2. The summed E-state index contributed by atoms with van der Waals surface area (Å²) in [5.74, 6) is 0.964. The number of fused-ring (bicyclic) bond motifs is 2. The van der Waals surface area contributed by atoms with Gasteiger partial charge in [0.25, 0.3) is 0 Å². The van der Waals surface area contributed by atoms with Crippen LogP contribution in [-0.2, 0) is 6.42 Å². The number of likely N-dealkylation sites (tertiary alicyclic amines) is 1. The van der Waals surface area contributed by atoms with Crippen molar-refractivity contribution in [3.8, 4) is 0 Å². The number of unbranched alkanes of at least 4 members (excludes halogenated alkanes) is 6. The number of nitrogens with zero attached hydrogens (tertiary/aromatic N) is 4. The second-order valence-corrected chi connectivity index (χ2v) is 8.13. The molecule has 0 amide bonds. The summed E-state index contributed by atoms with van der Waals surface area (Å²) in [6.45, 7) is 4.58. The van der Waals surface area contributed by atoms with Crippen molar-refractivity contribution in [3.63, 3.8) is 0 Å². The van der Waals surface area contributed by atoms with E-state index in [9.17, 15) is 0 Å². The van der Waals surface area contributed by atoms with Crippen molar-refractivity contribution in [1.29, 1.82) is 0 Å². The van der Waals surface area contributed by atoms with E-state index in [1.54, 1.807) is 0 Å². The highest BCUT2D eigenvalue weighted by Crippen LogP contribution is 2.30. The molecule has 0 radical (unpaired) electrons. The molecule has 4 heteroatoms. The third kappa shape index (κ3) is 5.67. The fourth-order valence-electron chi connectivity index (χ4n) is 4.54. The van der Waals surface area contributed by atoms with Crippen LogP contribution in [0.15, 0.2) is 12.4 Å². The van der Waals surface area contributed by atoms with Crippen molar-refractivity contribution in [1.82, 2.24) is 14.9 Å². The Morgan fingerprint density at radius 1 is 0.923 bits per heavy atom. The highest BCUT2D eigenvalue weighted by molar-refractivity contribution is 5.36. The van der Waals surface area contributed by atoms with Crippen LogP contribution in [0.5, 0.6) is 0 Å². The lowest BCUT2D eigenvalue weighted by Crippen LogP contribution is -2.60. The molecule has 1 aromatic heterocycles. The van der Waals surface area contributed by atoms with Crippen LogP contribution in [0.25, 0.3) is 0 Å². The Hall–Kier alpha value is -1.16. The number of aryl methyl sites for hydroxylation is 1. The smallest absolute Gasteiger partial charge is 0.225 e. The summed E-state index contributed by atoms with van der Waals surface area (Å²) in [6.07, 6.45) is 18.7. The van der Waals surface area contributed by atoms with Gasteiger partial charge in [-0.15, -0.1) is 0 Å². The van der Waals surface area contributed by atoms with Crippen LogP contribution < -0.4 is 4.90 Å². The standard InChI is InChI=1S/C21H36N4.CH4/c1-3-4-5-6-7-8-9-11-18-14-22-21(23-15-18)25-19-12-10-13-20(25)17-24(2)16-19;/h14-15,19-20H,3-13,16-17H2,1-2H3;1H4. The third-order valence-corrected chi connectivity index (χ3v) is 5.90. The van der Waals surface area contributed by atoms with Gasteiger partial charge in [-0.05, 0) is 44.7 Å². The van der Waals surface area contributed by atoms with Gasteiger partial charge >= 0.3 is 0 Å². The molecule has 0 saturated carbocycles. The molecule has 26 heavy (non-hydrogen) atoms. The summed E-state index contributed by atoms with van der Waals surface area (Å²) >= 11 is 0. The second kappa shape index (κ2) is 10.9. The van der Waals surface area contributed by atoms with E-state index in [1.807, 2.05) is 0 Å². The molecule has 2 fully saturated rings. The zero-order valence-electron chi connectivity index (χ0n) is 16.3. The predicted octanol–water partition coefficient (Wildman–Crippen LogP) is 5.08. The summed E-state index contributed by atoms with van der Waals surface area (Å²) in [7, 11) is 2.24. The maximum atomic E-state index is 4.75. The molecule has 2 atom stereocenters. The minimum Gasteiger partial charge on any atom is -0.332 e. The Bertz CT molecular complexity index is 487. The van der Waals surface area contributed by atoms with Gasteiger partial charge in [0.05, 0.1) is 0 Å². The third-order valence-electron chi connectivity index (χ3n) is 5.90. The first kappa shape index (κ1) is 21.1. The minimum absolute atomic E-state index is 0. The molecule has 3 rings (SSSR count). The van der Waals surface area contributed by atoms with E-state index in [4.69, 9.17) is 9.97 Å². The molecule has 0 spiro atoms. The van der Waals surface area contributed by atoms with Crippen LogP contribution in [0.1, 0.15) is 84.1 Å². The van der Waals surface area contributed by atoms with Crippen molar-refractivity contribution < 1.29 is 0 Å². The number of hydrogen-bond donors (Lipinski definition) is 0. The molecule has 2 aliphatic rings. The summed E-state index contributed by atoms with van der Waals surface area (Å²) in [5.41, 5.74) is 1.30. The van der Waals surface area contributed by atoms with E-state index < -0.39 is 0 Å². The van der Waals surface area contributed by atoms with Crippen molar-refractivity contribution >= 4 is 5.95 Å². The SMILES string of the molecule is C.CCCCCCCCCc1cnc(N2C3CCCC2CN(C)C3)nc1. The van der Waals surface area contributed by atoms with Crippen LogP contribution in [0, 0.1) is 0 Å². The van der Waals surface area contributed by atoms with Crippen LogP contribution in [-0.4, -0.2) is 47.1 Å². The Kier molecular flexibility index (Phi) is 8.83. The lowest BCUT2D eigenvalue weighted by atomic mass is 9.92. The summed E-state index contributed by atoms with van der Waals surface area (Å²) in [4.78, 5) is 14.5. The molecule has 2 bridgehead atoms. The largest absolute Gasteiger partial charge is 0.332 e. The normalized spacial score (nSPS) is 22.9. The van der Waals surface area contributed by atoms with E-state index in [0.717, 1.165) is 25.5 Å². The number of likely N-dealkylation sites (N-methyl/N-ethyl adjacent to an activating group) is 1. The van der Waals surface area contributed by atoms with Gasteiger partial charge in [0, 0.05) is 37.6 Å². The molecule has 148 valence electrons. The molecular weight excluding hydrogens is 320 g/mol. The van der Waals surface area contributed by atoms with Crippen molar-refractivity contribution in [2.75, 3.05) is 25.0 Å². The lowest BCUT2D eigenvalue weighted by molar-refractivity contribution is 0.182. The second-order valence-electron chi connectivity index (χ2n) is 8.13. The number of hydrogen-bond acceptors (Lipinski definition) is 4. The molecule has 0 N–H and O–H groups in total. The molecule has 1 aromatic rings. The van der Waals surface area contributed by atoms with Gasteiger partial charge in [-0.2, -0.15) is 0 Å². The molecule has 0 aliphatic carbocycles. The predicted molar refractivity (Wildman–Crippen MR) is 112 cm³/mol. The molecule has 4 nitrogen and oxygen atoms in total. The summed E-state index contributed by atoms with van der Waals surface area (Å²) in [5, 5.41) is 0. The molecule has 2 saturated heterocycles. The highest BCUT2D eigenvalue weighted by Gasteiger charge is 2.37. The van der Waals surface area contributed by atoms with Gasteiger partial charge < -0.3 is 9.80 Å². The van der Waals surface area contributed by atoms with E-state index in [0.29, 0.717) is 12.1 Å². The Morgan fingerprint density at radius 3 is 2.12 bits per heavy atom. The Morgan fingerprint density at radius 2 is 1.50 bits per heavy atom. The van der Waals surface area contributed by atoms with Crippen molar-refractivity contribution in [2.45, 2.75) is 97.1 Å². The molecule has 2 unspecified atom stereocenters. The fourth-order valence-corrected chi connectivity index (χ4v) is 4.54. The quantitative estimate of drug-likeness (QED) is 0.575. The Balaban J connectivity index is 0.00000243. The zero-order chi connectivity index (χ0) is 17.5. The van der Waals surface area contributed by atoms with Gasteiger partial charge in [0.1, 0.15) is 0 Å². The van der Waals surface area contributed by atoms with Crippen LogP contribution in [0.4, 0.5) is 5.95 Å². The van der Waals surface area contributed by atoms with E-state index in [-0.39, 0.29) is 7.43 Å². The van der Waals surface area contributed by atoms with Gasteiger partial charge in [-0.1, -0.05) is 52.9 Å². The van der Waals surface area contributed by atoms with Gasteiger partial charge in [0.2, 0.25) is 5.95 Å². The molecular formula is C22H40N4. The Labute approximate surface area is 161 Å². The number of rotatable bonds is 9.